The van der Waals surface area contributed by atoms with E-state index in [0.717, 1.165) is 18.6 Å². The van der Waals surface area contributed by atoms with Gasteiger partial charge in [-0.05, 0) is 12.5 Å². The second-order valence-corrected chi connectivity index (χ2v) is 4.83. The molecule has 0 unspecified atom stereocenters. The lowest BCUT2D eigenvalue weighted by Crippen LogP contribution is -1.93. The maximum atomic E-state index is 8.62. The predicted octanol–water partition coefficient (Wildman–Crippen LogP) is 3.19. The van der Waals surface area contributed by atoms with Gasteiger partial charge in [-0.2, -0.15) is 0 Å². The van der Waals surface area contributed by atoms with Crippen LogP contribution in [0, 0.1) is 11.8 Å². The standard InChI is InChI=1S/C14H20O2S/c1-2-3-6-9-16-11-14-10-13(12-17-14)7-4-5-8-15/h10,12,15H,2-3,5-6,8-9,11H2,1H3. The van der Waals surface area contributed by atoms with Gasteiger partial charge in [0.25, 0.3) is 0 Å². The van der Waals surface area contributed by atoms with Crippen LogP contribution in [0.5, 0.6) is 0 Å². The fourth-order valence-electron chi connectivity index (χ4n) is 1.37. The number of ether oxygens (including phenoxy) is 1. The van der Waals surface area contributed by atoms with Crippen LogP contribution < -0.4 is 0 Å². The maximum absolute atomic E-state index is 8.62. The molecule has 0 amide bonds. The maximum Gasteiger partial charge on any atom is 0.0809 e. The number of aliphatic hydroxyl groups excluding tert-OH is 1. The average Bonchev–Trinajstić information content (AvgIpc) is 2.77. The first kappa shape index (κ1) is 14.2. The molecule has 0 saturated carbocycles. The Morgan fingerprint density at radius 1 is 1.41 bits per heavy atom. The molecule has 0 radical (unpaired) electrons. The van der Waals surface area contributed by atoms with Crippen molar-refractivity contribution in [3.63, 3.8) is 0 Å². The van der Waals surface area contributed by atoms with Gasteiger partial charge in [-0.25, -0.2) is 0 Å². The molecular formula is C14H20O2S. The highest BCUT2D eigenvalue weighted by atomic mass is 32.1. The molecule has 1 N–H and O–H groups in total. The first-order valence-corrected chi connectivity index (χ1v) is 6.99. The zero-order chi connectivity index (χ0) is 12.3. The third-order valence-corrected chi connectivity index (χ3v) is 3.17. The van der Waals surface area contributed by atoms with Gasteiger partial charge in [-0.15, -0.1) is 11.3 Å². The minimum Gasteiger partial charge on any atom is -0.395 e. The van der Waals surface area contributed by atoms with Gasteiger partial charge in [-0.3, -0.25) is 0 Å². The molecule has 1 aromatic rings. The van der Waals surface area contributed by atoms with E-state index in [9.17, 15) is 0 Å². The lowest BCUT2D eigenvalue weighted by Gasteiger charge is -2.00. The predicted molar refractivity (Wildman–Crippen MR) is 72.1 cm³/mol. The highest BCUT2D eigenvalue weighted by Crippen LogP contribution is 2.15. The number of aliphatic hydroxyl groups is 1. The van der Waals surface area contributed by atoms with Crippen molar-refractivity contribution in [2.75, 3.05) is 13.2 Å². The first-order valence-electron chi connectivity index (χ1n) is 6.11. The SMILES string of the molecule is CCCCCOCc1cc(C#CCCO)cs1. The number of thiophene rings is 1. The Hall–Kier alpha value is -0.820. The van der Waals surface area contributed by atoms with Gasteiger partial charge in [0.05, 0.1) is 13.2 Å². The van der Waals surface area contributed by atoms with Gasteiger partial charge < -0.3 is 9.84 Å². The van der Waals surface area contributed by atoms with Crippen molar-refractivity contribution in [1.29, 1.82) is 0 Å². The highest BCUT2D eigenvalue weighted by Gasteiger charge is 1.97. The summed E-state index contributed by atoms with van der Waals surface area (Å²) in [5, 5.41) is 10.7. The Labute approximate surface area is 108 Å². The second kappa shape index (κ2) is 9.23. The van der Waals surface area contributed by atoms with Crippen molar-refractivity contribution in [2.24, 2.45) is 0 Å². The quantitative estimate of drug-likeness (QED) is 0.596. The molecule has 0 fully saturated rings. The molecule has 0 atom stereocenters. The number of rotatable bonds is 7. The Bertz CT molecular complexity index is 360. The summed E-state index contributed by atoms with van der Waals surface area (Å²) in [5.41, 5.74) is 1.02. The van der Waals surface area contributed by atoms with E-state index in [-0.39, 0.29) is 6.61 Å². The normalized spacial score (nSPS) is 10.0. The smallest absolute Gasteiger partial charge is 0.0809 e. The number of hydrogen-bond donors (Lipinski definition) is 1. The van der Waals surface area contributed by atoms with Crippen molar-refractivity contribution in [2.45, 2.75) is 39.2 Å². The van der Waals surface area contributed by atoms with Crippen LogP contribution in [0.25, 0.3) is 0 Å². The molecule has 1 rings (SSSR count). The molecule has 0 aliphatic rings. The summed E-state index contributed by atoms with van der Waals surface area (Å²) in [6.45, 7) is 3.86. The number of unbranched alkanes of at least 4 members (excludes halogenated alkanes) is 2. The third kappa shape index (κ3) is 6.48. The van der Waals surface area contributed by atoms with E-state index < -0.39 is 0 Å². The molecule has 1 heterocycles. The van der Waals surface area contributed by atoms with E-state index in [0.29, 0.717) is 13.0 Å². The van der Waals surface area contributed by atoms with E-state index in [4.69, 9.17) is 9.84 Å². The van der Waals surface area contributed by atoms with Gasteiger partial charge in [-0.1, -0.05) is 31.6 Å². The van der Waals surface area contributed by atoms with Gasteiger partial charge in [0.1, 0.15) is 0 Å². The van der Waals surface area contributed by atoms with Crippen molar-refractivity contribution < 1.29 is 9.84 Å². The van der Waals surface area contributed by atoms with Gasteiger partial charge in [0.2, 0.25) is 0 Å². The van der Waals surface area contributed by atoms with E-state index in [1.54, 1.807) is 11.3 Å². The molecule has 0 saturated heterocycles. The molecule has 0 spiro atoms. The Kier molecular flexibility index (Phi) is 7.74. The molecule has 0 bridgehead atoms. The van der Waals surface area contributed by atoms with Crippen molar-refractivity contribution in [3.05, 3.63) is 21.9 Å². The fraction of sp³-hybridized carbons (Fsp3) is 0.571. The van der Waals surface area contributed by atoms with E-state index >= 15 is 0 Å². The fourth-order valence-corrected chi connectivity index (χ4v) is 2.12. The molecule has 94 valence electrons. The van der Waals surface area contributed by atoms with Crippen LogP contribution in [0.2, 0.25) is 0 Å². The number of hydrogen-bond acceptors (Lipinski definition) is 3. The van der Waals surface area contributed by atoms with Crippen LogP contribution >= 0.6 is 11.3 Å². The van der Waals surface area contributed by atoms with Gasteiger partial charge in [0.15, 0.2) is 0 Å². The summed E-state index contributed by atoms with van der Waals surface area (Å²) in [6.07, 6.45) is 4.15. The molecule has 17 heavy (non-hydrogen) atoms. The topological polar surface area (TPSA) is 29.5 Å². The molecule has 2 nitrogen and oxygen atoms in total. The van der Waals surface area contributed by atoms with Crippen LogP contribution in [-0.4, -0.2) is 18.3 Å². The summed E-state index contributed by atoms with van der Waals surface area (Å²) in [5.74, 6) is 5.94. The Morgan fingerprint density at radius 3 is 3.06 bits per heavy atom. The summed E-state index contributed by atoms with van der Waals surface area (Å²) in [4.78, 5) is 1.22. The third-order valence-electron chi connectivity index (χ3n) is 2.26. The molecule has 0 aromatic carbocycles. The first-order chi connectivity index (χ1) is 8.36. The summed E-state index contributed by atoms with van der Waals surface area (Å²) >= 11 is 1.68. The average molecular weight is 252 g/mol. The molecule has 0 aliphatic heterocycles. The van der Waals surface area contributed by atoms with Crippen LogP contribution in [-0.2, 0) is 11.3 Å². The zero-order valence-electron chi connectivity index (χ0n) is 10.4. The Balaban J connectivity index is 2.24. The largest absolute Gasteiger partial charge is 0.395 e. The van der Waals surface area contributed by atoms with Crippen LogP contribution in [0.3, 0.4) is 0 Å². The molecule has 0 aliphatic carbocycles. The van der Waals surface area contributed by atoms with E-state index in [2.05, 4.69) is 24.8 Å². The highest BCUT2D eigenvalue weighted by molar-refractivity contribution is 7.10. The van der Waals surface area contributed by atoms with E-state index in [1.165, 1.54) is 17.7 Å². The molecule has 3 heteroatoms. The summed E-state index contributed by atoms with van der Waals surface area (Å²) in [6, 6.07) is 2.06. The molecular weight excluding hydrogens is 232 g/mol. The minimum absolute atomic E-state index is 0.129. The van der Waals surface area contributed by atoms with Crippen LogP contribution in [0.1, 0.15) is 43.0 Å². The summed E-state index contributed by atoms with van der Waals surface area (Å²) < 4.78 is 5.58. The van der Waals surface area contributed by atoms with E-state index in [1.807, 2.05) is 5.38 Å². The van der Waals surface area contributed by atoms with Crippen LogP contribution in [0.4, 0.5) is 0 Å². The Morgan fingerprint density at radius 2 is 2.29 bits per heavy atom. The van der Waals surface area contributed by atoms with Crippen molar-refractivity contribution in [1.82, 2.24) is 0 Å². The van der Waals surface area contributed by atoms with Crippen molar-refractivity contribution in [3.8, 4) is 11.8 Å². The second-order valence-electron chi connectivity index (χ2n) is 3.84. The summed E-state index contributed by atoms with van der Waals surface area (Å²) in [7, 11) is 0. The zero-order valence-corrected chi connectivity index (χ0v) is 11.2. The lowest BCUT2D eigenvalue weighted by molar-refractivity contribution is 0.119. The minimum atomic E-state index is 0.129. The monoisotopic (exact) mass is 252 g/mol. The lowest BCUT2D eigenvalue weighted by atomic mass is 10.3. The van der Waals surface area contributed by atoms with Crippen molar-refractivity contribution >= 4 is 11.3 Å². The molecule has 1 aromatic heterocycles. The van der Waals surface area contributed by atoms with Gasteiger partial charge in [0, 0.05) is 28.8 Å². The van der Waals surface area contributed by atoms with Crippen LogP contribution in [0.15, 0.2) is 11.4 Å². The van der Waals surface area contributed by atoms with Gasteiger partial charge >= 0.3 is 0 Å².